The first-order valence-electron chi connectivity index (χ1n) is 11.9. The van der Waals surface area contributed by atoms with Crippen LogP contribution in [0.5, 0.6) is 0 Å². The molecule has 0 radical (unpaired) electrons. The summed E-state index contributed by atoms with van der Waals surface area (Å²) < 4.78 is 37.6. The first-order valence-corrected chi connectivity index (χ1v) is 11.9. The Morgan fingerprint density at radius 3 is 1.67 bits per heavy atom. The molecule has 0 atom stereocenters. The molecule has 0 heterocycles. The van der Waals surface area contributed by atoms with Crippen LogP contribution in [0, 0.1) is 0 Å². The van der Waals surface area contributed by atoms with Gasteiger partial charge in [0.1, 0.15) is 0 Å². The highest BCUT2D eigenvalue weighted by molar-refractivity contribution is 5.76. The number of aliphatic carboxylic acids is 2. The number of halogens is 3. The van der Waals surface area contributed by atoms with E-state index in [9.17, 15) is 27.6 Å². The average molecular weight is 483 g/mol. The van der Waals surface area contributed by atoms with Crippen LogP contribution in [0.3, 0.4) is 0 Å². The minimum atomic E-state index is -4.29. The van der Waals surface area contributed by atoms with Crippen LogP contribution in [0.25, 0.3) is 0 Å². The summed E-state index contributed by atoms with van der Waals surface area (Å²) >= 11 is 0. The van der Waals surface area contributed by atoms with Crippen LogP contribution in [-0.2, 0) is 14.4 Å². The molecule has 0 unspecified atom stereocenters. The molecule has 194 valence electrons. The van der Waals surface area contributed by atoms with Crippen molar-refractivity contribution in [3.8, 4) is 0 Å². The molecule has 33 heavy (non-hydrogen) atoms. The number of hydrogen-bond donors (Lipinski definition) is 2. The van der Waals surface area contributed by atoms with Gasteiger partial charge >= 0.3 is 18.1 Å². The monoisotopic (exact) mass is 482 g/mol. The lowest BCUT2D eigenvalue weighted by molar-refractivity contribution is -0.141. The predicted octanol–water partition coefficient (Wildman–Crippen LogP) is 4.94. The number of unbranched alkanes of at least 4 members (excludes halogenated alkanes) is 4. The zero-order valence-corrected chi connectivity index (χ0v) is 20.0. The molecule has 0 fully saturated rings. The molecule has 0 aromatic carbocycles. The summed E-state index contributed by atoms with van der Waals surface area (Å²) in [6.07, 6.45) is 0.470. The molecule has 0 bridgehead atoms. The van der Waals surface area contributed by atoms with Crippen molar-refractivity contribution in [1.82, 2.24) is 9.80 Å². The highest BCUT2D eigenvalue weighted by Gasteiger charge is 2.28. The molecule has 1 amide bonds. The van der Waals surface area contributed by atoms with Crippen LogP contribution in [-0.4, -0.2) is 77.3 Å². The molecule has 0 aromatic heterocycles. The van der Waals surface area contributed by atoms with Gasteiger partial charge in [-0.05, 0) is 59.2 Å². The molecular formula is C23H41F3N2O5. The maximum Gasteiger partial charge on any atom is 0.389 e. The fourth-order valence-electron chi connectivity index (χ4n) is 3.77. The predicted molar refractivity (Wildman–Crippen MR) is 120 cm³/mol. The van der Waals surface area contributed by atoms with Crippen LogP contribution in [0.1, 0.15) is 89.9 Å². The number of nitrogens with zero attached hydrogens (tertiary/aromatic N) is 2. The van der Waals surface area contributed by atoms with Gasteiger partial charge in [0, 0.05) is 38.3 Å². The molecule has 0 rings (SSSR count). The van der Waals surface area contributed by atoms with Crippen molar-refractivity contribution < 1.29 is 37.8 Å². The molecule has 0 aromatic rings. The Labute approximate surface area is 195 Å². The number of rotatable bonds is 20. The summed E-state index contributed by atoms with van der Waals surface area (Å²) in [5, 5.41) is 17.6. The summed E-state index contributed by atoms with van der Waals surface area (Å²) in [7, 11) is 3.83. The maximum absolute atomic E-state index is 12.9. The number of carboxylic acids is 2. The van der Waals surface area contributed by atoms with Crippen molar-refractivity contribution in [1.29, 1.82) is 0 Å². The summed E-state index contributed by atoms with van der Waals surface area (Å²) in [6, 6.07) is -0.139. The van der Waals surface area contributed by atoms with Crippen molar-refractivity contribution in [2.75, 3.05) is 27.2 Å². The molecular weight excluding hydrogens is 441 g/mol. The van der Waals surface area contributed by atoms with E-state index in [1.54, 1.807) is 4.90 Å². The average Bonchev–Trinajstić information content (AvgIpc) is 2.67. The third-order valence-corrected chi connectivity index (χ3v) is 5.47. The Hall–Kier alpha value is -1.84. The number of carboxylic acid groups (broad SMARTS) is 2. The Bertz CT molecular complexity index is 547. The van der Waals surface area contributed by atoms with Gasteiger partial charge in [0.25, 0.3) is 0 Å². The first kappa shape index (κ1) is 31.2. The molecule has 2 N–H and O–H groups in total. The largest absolute Gasteiger partial charge is 0.481 e. The molecule has 0 spiro atoms. The Kier molecular flexibility index (Phi) is 16.6. The number of hydrogen-bond acceptors (Lipinski definition) is 4. The number of carbonyl (C=O) groups excluding carboxylic acids is 1. The second-order valence-electron chi connectivity index (χ2n) is 8.85. The van der Waals surface area contributed by atoms with Crippen LogP contribution in [0.2, 0.25) is 0 Å². The molecule has 0 saturated heterocycles. The van der Waals surface area contributed by atoms with Gasteiger partial charge in [-0.2, -0.15) is 13.2 Å². The van der Waals surface area contributed by atoms with E-state index in [-0.39, 0.29) is 37.6 Å². The van der Waals surface area contributed by atoms with Gasteiger partial charge in [-0.3, -0.25) is 14.4 Å². The second kappa shape index (κ2) is 17.6. The fraction of sp³-hybridized carbons (Fsp3) is 0.870. The van der Waals surface area contributed by atoms with E-state index in [4.69, 9.17) is 10.2 Å². The maximum atomic E-state index is 12.9. The SMILES string of the molecule is CN(C)CCCN(C(=O)CCCC(F)(F)F)C(CCCCCC(=O)O)CCCCCC(=O)O. The normalized spacial score (nSPS) is 11.8. The van der Waals surface area contributed by atoms with Crippen molar-refractivity contribution in [2.24, 2.45) is 0 Å². The summed E-state index contributed by atoms with van der Waals surface area (Å²) in [6.45, 7) is 1.20. The van der Waals surface area contributed by atoms with Gasteiger partial charge in [-0.15, -0.1) is 0 Å². The standard InChI is InChI=1S/C23H41F3N2O5/c1-27(2)17-10-18-28(20(29)13-9-16-23(24,25)26)19(11-5-3-7-14-21(30)31)12-6-4-8-15-22(32)33/h19H,3-18H2,1-2H3,(H,30,31)(H,32,33). The molecule has 0 aliphatic rings. The van der Waals surface area contributed by atoms with Gasteiger partial charge in [-0.25, -0.2) is 0 Å². The van der Waals surface area contributed by atoms with Crippen LogP contribution >= 0.6 is 0 Å². The number of alkyl halides is 3. The molecule has 0 aliphatic carbocycles. The third-order valence-electron chi connectivity index (χ3n) is 5.47. The number of carbonyl (C=O) groups is 3. The van der Waals surface area contributed by atoms with E-state index >= 15 is 0 Å². The highest BCUT2D eigenvalue weighted by Crippen LogP contribution is 2.24. The molecule has 0 saturated carbocycles. The van der Waals surface area contributed by atoms with E-state index in [1.807, 2.05) is 19.0 Å². The van der Waals surface area contributed by atoms with Gasteiger partial charge in [0.2, 0.25) is 5.91 Å². The Morgan fingerprint density at radius 2 is 1.24 bits per heavy atom. The van der Waals surface area contributed by atoms with E-state index < -0.39 is 24.5 Å². The zero-order chi connectivity index (χ0) is 25.3. The smallest absolute Gasteiger partial charge is 0.389 e. The van der Waals surface area contributed by atoms with E-state index in [0.717, 1.165) is 19.4 Å². The minimum Gasteiger partial charge on any atom is -0.481 e. The Balaban J connectivity index is 5.08. The topological polar surface area (TPSA) is 98.2 Å². The molecule has 10 heteroatoms. The van der Waals surface area contributed by atoms with Crippen molar-refractivity contribution >= 4 is 17.8 Å². The lowest BCUT2D eigenvalue weighted by Crippen LogP contribution is -2.42. The summed E-state index contributed by atoms with van der Waals surface area (Å²) in [5.41, 5.74) is 0. The quantitative estimate of drug-likeness (QED) is 0.239. The molecule has 7 nitrogen and oxygen atoms in total. The van der Waals surface area contributed by atoms with Crippen molar-refractivity contribution in [3.63, 3.8) is 0 Å². The van der Waals surface area contributed by atoms with Crippen molar-refractivity contribution in [3.05, 3.63) is 0 Å². The number of amides is 1. The van der Waals surface area contributed by atoms with Crippen LogP contribution in [0.4, 0.5) is 13.2 Å². The van der Waals surface area contributed by atoms with Gasteiger partial charge in [-0.1, -0.05) is 25.7 Å². The van der Waals surface area contributed by atoms with E-state index in [0.29, 0.717) is 51.5 Å². The lowest BCUT2D eigenvalue weighted by atomic mass is 9.98. The van der Waals surface area contributed by atoms with Crippen LogP contribution < -0.4 is 0 Å². The molecule has 0 aliphatic heterocycles. The zero-order valence-electron chi connectivity index (χ0n) is 20.0. The summed E-state index contributed by atoms with van der Waals surface area (Å²) in [5.74, 6) is -1.98. The highest BCUT2D eigenvalue weighted by atomic mass is 19.4. The lowest BCUT2D eigenvalue weighted by Gasteiger charge is -2.33. The van der Waals surface area contributed by atoms with E-state index in [1.165, 1.54) is 0 Å². The van der Waals surface area contributed by atoms with Gasteiger partial charge in [0.05, 0.1) is 0 Å². The Morgan fingerprint density at radius 1 is 0.727 bits per heavy atom. The van der Waals surface area contributed by atoms with Crippen molar-refractivity contribution in [2.45, 2.75) is 102 Å². The van der Waals surface area contributed by atoms with E-state index in [2.05, 4.69) is 0 Å². The first-order chi connectivity index (χ1) is 15.4. The fourth-order valence-corrected chi connectivity index (χ4v) is 3.77. The van der Waals surface area contributed by atoms with Gasteiger partial charge in [0.15, 0.2) is 0 Å². The van der Waals surface area contributed by atoms with Crippen LogP contribution in [0.15, 0.2) is 0 Å². The van der Waals surface area contributed by atoms with Gasteiger partial charge < -0.3 is 20.0 Å². The third kappa shape index (κ3) is 19.3. The minimum absolute atomic E-state index is 0.0861. The second-order valence-corrected chi connectivity index (χ2v) is 8.85. The summed E-state index contributed by atoms with van der Waals surface area (Å²) in [4.78, 5) is 38.0.